The second kappa shape index (κ2) is 9.77. The van der Waals surface area contributed by atoms with Crippen LogP contribution in [0.4, 0.5) is 4.39 Å². The molecule has 0 saturated heterocycles. The molecule has 1 heterocycles. The van der Waals surface area contributed by atoms with E-state index in [-0.39, 0.29) is 24.8 Å². The number of para-hydroxylation sites is 1. The Bertz CT molecular complexity index is 783. The lowest BCUT2D eigenvalue weighted by atomic mass is 10.2. The first-order chi connectivity index (χ1) is 11.8. The van der Waals surface area contributed by atoms with Crippen molar-refractivity contribution >= 4 is 12.4 Å². The van der Waals surface area contributed by atoms with Crippen molar-refractivity contribution < 1.29 is 9.13 Å². The third-order valence-electron chi connectivity index (χ3n) is 3.71. The zero-order chi connectivity index (χ0) is 16.6. The van der Waals surface area contributed by atoms with E-state index >= 15 is 0 Å². The Morgan fingerprint density at radius 3 is 2.28 bits per heavy atom. The van der Waals surface area contributed by atoms with Crippen LogP contribution in [0.5, 0.6) is 5.75 Å². The zero-order valence-electron chi connectivity index (χ0n) is 13.7. The van der Waals surface area contributed by atoms with Gasteiger partial charge >= 0.3 is 0 Å². The largest absolute Gasteiger partial charge is 0.488 e. The summed E-state index contributed by atoms with van der Waals surface area (Å²) in [6.45, 7) is 1.65. The summed E-state index contributed by atoms with van der Waals surface area (Å²) < 4.78 is 19.5. The van der Waals surface area contributed by atoms with Crippen LogP contribution in [0.25, 0.3) is 0 Å². The molecule has 1 N–H and O–H groups in total. The molecule has 130 valence electrons. The second-order valence-corrected chi connectivity index (χ2v) is 5.45. The number of benzene rings is 2. The van der Waals surface area contributed by atoms with Gasteiger partial charge in [0.1, 0.15) is 18.2 Å². The monoisotopic (exact) mass is 358 g/mol. The fourth-order valence-electron chi connectivity index (χ4n) is 2.40. The van der Waals surface area contributed by atoms with Crippen molar-refractivity contribution in [3.63, 3.8) is 0 Å². The average Bonchev–Trinajstić information content (AvgIpc) is 2.63. The number of pyridine rings is 1. The maximum Gasteiger partial charge on any atom is 0.129 e. The summed E-state index contributed by atoms with van der Waals surface area (Å²) in [5.41, 5.74) is 2.77. The number of ether oxygens (including phenoxy) is 1. The van der Waals surface area contributed by atoms with Gasteiger partial charge < -0.3 is 10.1 Å². The van der Waals surface area contributed by atoms with E-state index in [2.05, 4.69) is 10.3 Å². The van der Waals surface area contributed by atoms with Crippen molar-refractivity contribution in [2.75, 3.05) is 0 Å². The predicted molar refractivity (Wildman–Crippen MR) is 99.2 cm³/mol. The molecule has 5 heteroatoms. The quantitative estimate of drug-likeness (QED) is 0.674. The Kier molecular flexibility index (Phi) is 7.38. The minimum Gasteiger partial charge on any atom is -0.488 e. The van der Waals surface area contributed by atoms with Gasteiger partial charge in [0.15, 0.2) is 0 Å². The second-order valence-electron chi connectivity index (χ2n) is 5.45. The van der Waals surface area contributed by atoms with Crippen molar-refractivity contribution in [2.24, 2.45) is 0 Å². The van der Waals surface area contributed by atoms with Gasteiger partial charge in [0.25, 0.3) is 0 Å². The van der Waals surface area contributed by atoms with Crippen LogP contribution in [-0.4, -0.2) is 4.98 Å². The molecule has 0 aliphatic carbocycles. The van der Waals surface area contributed by atoms with E-state index in [1.165, 1.54) is 11.6 Å². The van der Waals surface area contributed by atoms with Crippen LogP contribution in [0.2, 0.25) is 0 Å². The fourth-order valence-corrected chi connectivity index (χ4v) is 2.40. The van der Waals surface area contributed by atoms with Crippen molar-refractivity contribution in [3.05, 3.63) is 95.6 Å². The van der Waals surface area contributed by atoms with E-state index in [9.17, 15) is 4.39 Å². The molecule has 0 unspecified atom stereocenters. The number of aromatic nitrogens is 1. The number of hydrogen-bond acceptors (Lipinski definition) is 3. The topological polar surface area (TPSA) is 34.1 Å². The molecule has 2 aromatic carbocycles. The number of rotatable bonds is 7. The van der Waals surface area contributed by atoms with Gasteiger partial charge in [0, 0.05) is 36.6 Å². The molecule has 3 rings (SSSR count). The molecule has 0 fully saturated rings. The molecular formula is C20H20ClFN2O. The first-order valence-corrected chi connectivity index (χ1v) is 7.86. The van der Waals surface area contributed by atoms with Crippen LogP contribution in [0.3, 0.4) is 0 Å². The molecule has 25 heavy (non-hydrogen) atoms. The lowest BCUT2D eigenvalue weighted by molar-refractivity contribution is 0.296. The van der Waals surface area contributed by atoms with Gasteiger partial charge in [-0.3, -0.25) is 4.98 Å². The van der Waals surface area contributed by atoms with Gasteiger partial charge in [0.05, 0.1) is 0 Å². The maximum absolute atomic E-state index is 13.7. The molecule has 0 saturated carbocycles. The van der Waals surface area contributed by atoms with Gasteiger partial charge in [-0.1, -0.05) is 36.4 Å². The Hall–Kier alpha value is -2.43. The SMILES string of the molecule is Cl.Fc1ccccc1COc1ccccc1CNCc1ccncc1. The van der Waals surface area contributed by atoms with Crippen LogP contribution in [-0.2, 0) is 19.7 Å². The normalized spacial score (nSPS) is 10.1. The predicted octanol–water partition coefficient (Wildman–Crippen LogP) is 4.51. The molecule has 3 aromatic rings. The molecule has 0 amide bonds. The van der Waals surface area contributed by atoms with E-state index in [4.69, 9.17) is 4.74 Å². The maximum atomic E-state index is 13.7. The average molecular weight is 359 g/mol. The van der Waals surface area contributed by atoms with Crippen molar-refractivity contribution in [1.82, 2.24) is 10.3 Å². The van der Waals surface area contributed by atoms with E-state index < -0.39 is 0 Å². The van der Waals surface area contributed by atoms with Crippen molar-refractivity contribution in [3.8, 4) is 5.75 Å². The summed E-state index contributed by atoms with van der Waals surface area (Å²) in [5.74, 6) is 0.522. The number of nitrogens with one attached hydrogen (secondary N) is 1. The summed E-state index contributed by atoms with van der Waals surface area (Å²) in [4.78, 5) is 4.01. The number of hydrogen-bond donors (Lipinski definition) is 1. The lowest BCUT2D eigenvalue weighted by Gasteiger charge is -2.12. The summed E-state index contributed by atoms with van der Waals surface area (Å²) >= 11 is 0. The van der Waals surface area contributed by atoms with Crippen molar-refractivity contribution in [1.29, 1.82) is 0 Å². The standard InChI is InChI=1S/C20H19FN2O.ClH/c21-19-7-3-1-6-18(19)15-24-20-8-4-2-5-17(20)14-23-13-16-9-11-22-12-10-16;/h1-12,23H,13-15H2;1H. The van der Waals surface area contributed by atoms with Crippen LogP contribution in [0.1, 0.15) is 16.7 Å². The highest BCUT2D eigenvalue weighted by molar-refractivity contribution is 5.85. The molecule has 0 radical (unpaired) electrons. The molecule has 0 aliphatic heterocycles. The molecular weight excluding hydrogens is 339 g/mol. The minimum atomic E-state index is -0.245. The Labute approximate surface area is 153 Å². The van der Waals surface area contributed by atoms with Gasteiger partial charge in [-0.05, 0) is 29.8 Å². The molecule has 0 spiro atoms. The minimum absolute atomic E-state index is 0. The highest BCUT2D eigenvalue weighted by atomic mass is 35.5. The molecule has 3 nitrogen and oxygen atoms in total. The number of nitrogens with zero attached hydrogens (tertiary/aromatic N) is 1. The van der Waals surface area contributed by atoms with Crippen LogP contribution in [0, 0.1) is 5.82 Å². The molecule has 0 atom stereocenters. The third kappa shape index (κ3) is 5.55. The van der Waals surface area contributed by atoms with Crippen LogP contribution in [0.15, 0.2) is 73.1 Å². The first kappa shape index (κ1) is 18.9. The summed E-state index contributed by atoms with van der Waals surface area (Å²) in [6.07, 6.45) is 3.56. The summed E-state index contributed by atoms with van der Waals surface area (Å²) in [6, 6.07) is 18.4. The summed E-state index contributed by atoms with van der Waals surface area (Å²) in [7, 11) is 0. The Morgan fingerprint density at radius 1 is 0.840 bits per heavy atom. The zero-order valence-corrected chi connectivity index (χ0v) is 14.5. The van der Waals surface area contributed by atoms with Crippen LogP contribution >= 0.6 is 12.4 Å². The van der Waals surface area contributed by atoms with E-state index in [0.29, 0.717) is 12.1 Å². The first-order valence-electron chi connectivity index (χ1n) is 7.86. The Morgan fingerprint density at radius 2 is 1.52 bits per heavy atom. The third-order valence-corrected chi connectivity index (χ3v) is 3.71. The van der Waals surface area contributed by atoms with Gasteiger partial charge in [-0.15, -0.1) is 12.4 Å². The van der Waals surface area contributed by atoms with Gasteiger partial charge in [0.2, 0.25) is 0 Å². The summed E-state index contributed by atoms with van der Waals surface area (Å²) in [5, 5.41) is 3.39. The van der Waals surface area contributed by atoms with E-state index in [1.807, 2.05) is 42.5 Å². The Balaban J connectivity index is 0.00000225. The molecule has 0 aliphatic rings. The van der Waals surface area contributed by atoms with Gasteiger partial charge in [-0.25, -0.2) is 4.39 Å². The van der Waals surface area contributed by atoms with Crippen molar-refractivity contribution in [2.45, 2.75) is 19.7 Å². The van der Waals surface area contributed by atoms with Crippen LogP contribution < -0.4 is 10.1 Å². The van der Waals surface area contributed by atoms with E-state index in [0.717, 1.165) is 17.9 Å². The molecule has 0 bridgehead atoms. The lowest BCUT2D eigenvalue weighted by Crippen LogP contribution is -2.13. The highest BCUT2D eigenvalue weighted by Gasteiger charge is 2.06. The number of halogens is 2. The van der Waals surface area contributed by atoms with Gasteiger partial charge in [-0.2, -0.15) is 0 Å². The fraction of sp³-hybridized carbons (Fsp3) is 0.150. The molecule has 1 aromatic heterocycles. The smallest absolute Gasteiger partial charge is 0.129 e. The highest BCUT2D eigenvalue weighted by Crippen LogP contribution is 2.20. The van der Waals surface area contributed by atoms with E-state index in [1.54, 1.807) is 24.5 Å².